The Labute approximate surface area is 252 Å². The second kappa shape index (κ2) is 14.6. The van der Waals surface area contributed by atoms with Gasteiger partial charge in [-0.25, -0.2) is 4.79 Å². The van der Waals surface area contributed by atoms with Gasteiger partial charge in [-0.3, -0.25) is 9.79 Å². The number of carbonyl (C=O) groups is 2. The van der Waals surface area contributed by atoms with Crippen LogP contribution < -0.4 is 5.32 Å². The minimum atomic E-state index is -0.925. The van der Waals surface area contributed by atoms with Crippen molar-refractivity contribution in [1.82, 2.24) is 10.2 Å². The lowest BCUT2D eigenvalue weighted by atomic mass is 9.95. The summed E-state index contributed by atoms with van der Waals surface area (Å²) in [5.74, 6) is -0.925. The van der Waals surface area contributed by atoms with Gasteiger partial charge in [0.2, 0.25) is 0 Å². The number of quaternary nitrogens is 1. The third-order valence-electron chi connectivity index (χ3n) is 7.60. The van der Waals surface area contributed by atoms with E-state index in [-0.39, 0.29) is 12.5 Å². The molecule has 0 radical (unpaired) electrons. The molecular formula is C33H52N5O4+. The first-order valence-electron chi connectivity index (χ1n) is 14.9. The second-order valence-electron chi connectivity index (χ2n) is 12.5. The van der Waals surface area contributed by atoms with Crippen LogP contribution in [0.25, 0.3) is 0 Å². The van der Waals surface area contributed by atoms with Gasteiger partial charge < -0.3 is 20.1 Å². The highest BCUT2D eigenvalue weighted by atomic mass is 16.6. The molecule has 3 atom stereocenters. The summed E-state index contributed by atoms with van der Waals surface area (Å²) in [6.07, 6.45) is 8.19. The average molecular weight is 583 g/mol. The van der Waals surface area contributed by atoms with E-state index >= 15 is 0 Å². The summed E-state index contributed by atoms with van der Waals surface area (Å²) in [7, 11) is 2.12. The van der Waals surface area contributed by atoms with Crippen molar-refractivity contribution in [3.63, 3.8) is 0 Å². The van der Waals surface area contributed by atoms with E-state index in [0.29, 0.717) is 24.0 Å². The first-order chi connectivity index (χ1) is 19.5. The summed E-state index contributed by atoms with van der Waals surface area (Å²) in [6, 6.07) is -0.442. The van der Waals surface area contributed by atoms with Crippen LogP contribution in [0.2, 0.25) is 0 Å². The van der Waals surface area contributed by atoms with Crippen LogP contribution in [0.4, 0.5) is 4.79 Å². The van der Waals surface area contributed by atoms with Gasteiger partial charge in [0.05, 0.1) is 19.0 Å². The summed E-state index contributed by atoms with van der Waals surface area (Å²) in [4.78, 5) is 30.3. The van der Waals surface area contributed by atoms with Crippen LogP contribution in [0.1, 0.15) is 87.5 Å². The number of nitrogens with zero attached hydrogens (tertiary/aromatic N) is 4. The fraction of sp³-hybridized carbons (Fsp3) is 0.576. The SMILES string of the molecule is C=C(C)N=CC=C(CC)C1=N[N+](C)(CC)C(C)=C1C=C(C)CC(=C)NC1CCC(CC(=O)O)N(C(=O)OC(C)(C)C)C1. The number of piperidine rings is 1. The van der Waals surface area contributed by atoms with E-state index in [2.05, 4.69) is 64.3 Å². The number of likely N-dealkylation sites (tertiary alicyclic amines) is 1. The Kier molecular flexibility index (Phi) is 12.1. The van der Waals surface area contributed by atoms with Crippen LogP contribution in [0.5, 0.6) is 0 Å². The van der Waals surface area contributed by atoms with Gasteiger partial charge in [-0.15, -0.1) is 0 Å². The molecule has 0 spiro atoms. The number of rotatable bonds is 12. The van der Waals surface area contributed by atoms with Crippen LogP contribution in [-0.2, 0) is 9.53 Å². The molecule has 2 rings (SSSR count). The molecule has 0 aromatic heterocycles. The van der Waals surface area contributed by atoms with Crippen LogP contribution in [-0.4, -0.2) is 76.4 Å². The molecule has 9 heteroatoms. The van der Waals surface area contributed by atoms with Crippen molar-refractivity contribution in [2.24, 2.45) is 10.1 Å². The molecule has 0 aliphatic carbocycles. The molecule has 3 unspecified atom stereocenters. The molecule has 1 saturated heterocycles. The molecular weight excluding hydrogens is 530 g/mol. The van der Waals surface area contributed by atoms with Crippen molar-refractivity contribution >= 4 is 24.0 Å². The van der Waals surface area contributed by atoms with Gasteiger partial charge in [0.25, 0.3) is 0 Å². The number of allylic oxidation sites excluding steroid dienone is 7. The van der Waals surface area contributed by atoms with E-state index in [1.807, 2.05) is 33.8 Å². The monoisotopic (exact) mass is 582 g/mol. The third kappa shape index (κ3) is 9.82. The molecule has 0 bridgehead atoms. The van der Waals surface area contributed by atoms with Crippen molar-refractivity contribution in [1.29, 1.82) is 0 Å². The van der Waals surface area contributed by atoms with E-state index in [1.165, 1.54) is 5.70 Å². The lowest BCUT2D eigenvalue weighted by Gasteiger charge is -2.40. The number of carbonyl (C=O) groups excluding carboxylic acids is 1. The van der Waals surface area contributed by atoms with Crippen LogP contribution in [0, 0.1) is 0 Å². The summed E-state index contributed by atoms with van der Waals surface area (Å²) in [5.41, 5.74) is 6.47. The summed E-state index contributed by atoms with van der Waals surface area (Å²) < 4.78 is 6.09. The Morgan fingerprint density at radius 2 is 1.90 bits per heavy atom. The Balaban J connectivity index is 2.22. The fourth-order valence-electron chi connectivity index (χ4n) is 5.19. The van der Waals surface area contributed by atoms with Crippen LogP contribution in [0.15, 0.2) is 69.2 Å². The van der Waals surface area contributed by atoms with Crippen molar-refractivity contribution < 1.29 is 24.0 Å². The molecule has 0 aromatic carbocycles. The fourth-order valence-corrected chi connectivity index (χ4v) is 5.19. The van der Waals surface area contributed by atoms with Crippen molar-refractivity contribution in [2.75, 3.05) is 20.1 Å². The molecule has 1 amide bonds. The molecule has 0 saturated carbocycles. The molecule has 2 aliphatic rings. The van der Waals surface area contributed by atoms with Gasteiger partial charge in [0.1, 0.15) is 23.6 Å². The number of aliphatic imine (C=N–C) groups is 1. The minimum absolute atomic E-state index is 0.0466. The van der Waals surface area contributed by atoms with E-state index in [1.54, 1.807) is 11.1 Å². The molecule has 2 aliphatic heterocycles. The number of amides is 1. The van der Waals surface area contributed by atoms with E-state index in [4.69, 9.17) is 9.84 Å². The van der Waals surface area contributed by atoms with Gasteiger partial charge in [-0.05, 0) is 78.5 Å². The Hall–Kier alpha value is -3.46. The maximum absolute atomic E-state index is 12.9. The number of ether oxygens (including phenoxy) is 1. The maximum Gasteiger partial charge on any atom is 0.410 e. The third-order valence-corrected chi connectivity index (χ3v) is 7.60. The Bertz CT molecular complexity index is 1220. The quantitative estimate of drug-likeness (QED) is 0.196. The van der Waals surface area contributed by atoms with Gasteiger partial charge >= 0.3 is 12.1 Å². The molecule has 2 heterocycles. The van der Waals surface area contributed by atoms with Crippen molar-refractivity contribution in [3.8, 4) is 0 Å². The van der Waals surface area contributed by atoms with Crippen molar-refractivity contribution in [2.45, 2.75) is 105 Å². The molecule has 9 nitrogen and oxygen atoms in total. The largest absolute Gasteiger partial charge is 0.481 e. The first-order valence-corrected chi connectivity index (χ1v) is 14.9. The summed E-state index contributed by atoms with van der Waals surface area (Å²) in [6.45, 7) is 25.1. The topological polar surface area (TPSA) is 104 Å². The normalized spacial score (nSPS) is 23.7. The lowest BCUT2D eigenvalue weighted by molar-refractivity contribution is -0.875. The Morgan fingerprint density at radius 1 is 1.24 bits per heavy atom. The smallest absolute Gasteiger partial charge is 0.410 e. The second-order valence-corrected chi connectivity index (χ2v) is 12.5. The predicted molar refractivity (Wildman–Crippen MR) is 171 cm³/mol. The standard InChI is InChI=1S/C33H51N5O4/c1-12-26(16-17-34-22(3)4)31-29(25(7)38(11,13-2)36-31)19-23(5)18-24(6)35-27-14-15-28(20-30(39)40)37(21-27)32(41)42-33(8,9)10/h16-17,19,27-28,35H,3,6,12-15,18,20-21H2,1-2,4-5,7-11H3/p+1. The number of carboxylic acid groups (broad SMARTS) is 1. The van der Waals surface area contributed by atoms with E-state index in [9.17, 15) is 14.7 Å². The Morgan fingerprint density at radius 3 is 2.45 bits per heavy atom. The molecule has 1 fully saturated rings. The zero-order valence-electron chi connectivity index (χ0n) is 27.2. The number of hydrogen-bond acceptors (Lipinski definition) is 6. The van der Waals surface area contributed by atoms with E-state index in [0.717, 1.165) is 53.2 Å². The average Bonchev–Trinajstić information content (AvgIpc) is 3.11. The molecule has 2 N–H and O–H groups in total. The highest BCUT2D eigenvalue weighted by Gasteiger charge is 2.37. The number of hydrogen-bond donors (Lipinski definition) is 2. The zero-order valence-corrected chi connectivity index (χ0v) is 27.2. The van der Waals surface area contributed by atoms with Crippen LogP contribution >= 0.6 is 0 Å². The first kappa shape index (κ1) is 34.7. The predicted octanol–water partition coefficient (Wildman–Crippen LogP) is 6.72. The molecule has 0 aromatic rings. The molecule has 42 heavy (non-hydrogen) atoms. The zero-order chi connectivity index (χ0) is 31.8. The number of nitrogens with one attached hydrogen (secondary N) is 1. The van der Waals surface area contributed by atoms with Crippen LogP contribution in [0.3, 0.4) is 0 Å². The van der Waals surface area contributed by atoms with Crippen molar-refractivity contribution in [3.05, 3.63) is 59.1 Å². The number of carboxylic acids is 1. The minimum Gasteiger partial charge on any atom is -0.481 e. The van der Waals surface area contributed by atoms with Gasteiger partial charge in [0.15, 0.2) is 0 Å². The van der Waals surface area contributed by atoms with Gasteiger partial charge in [0, 0.05) is 49.6 Å². The van der Waals surface area contributed by atoms with Gasteiger partial charge in [-0.2, -0.15) is 4.59 Å². The summed E-state index contributed by atoms with van der Waals surface area (Å²) in [5, 5.41) is 18.0. The number of aliphatic carboxylic acids is 1. The van der Waals surface area contributed by atoms with Gasteiger partial charge in [-0.1, -0.05) is 30.8 Å². The highest BCUT2D eigenvalue weighted by molar-refractivity contribution is 6.16. The highest BCUT2D eigenvalue weighted by Crippen LogP contribution is 2.33. The van der Waals surface area contributed by atoms with E-state index < -0.39 is 23.7 Å². The lowest BCUT2D eigenvalue weighted by Crippen LogP contribution is -2.54. The maximum atomic E-state index is 12.9. The molecule has 232 valence electrons. The summed E-state index contributed by atoms with van der Waals surface area (Å²) >= 11 is 0.